The zero-order chi connectivity index (χ0) is 97.0. The molecule has 4 aliphatic carbocycles. The van der Waals surface area contributed by atoms with Gasteiger partial charge in [-0.2, -0.15) is 0 Å². The van der Waals surface area contributed by atoms with Gasteiger partial charge in [-0.15, -0.1) is 26.3 Å². The molecule has 0 saturated carbocycles. The van der Waals surface area contributed by atoms with Crippen molar-refractivity contribution in [3.63, 3.8) is 0 Å². The van der Waals surface area contributed by atoms with Crippen molar-refractivity contribution < 1.29 is 76.5 Å². The first-order chi connectivity index (χ1) is 65.8. The second-order valence-corrected chi connectivity index (χ2v) is 36.6. The van der Waals surface area contributed by atoms with E-state index in [-0.39, 0.29) is 172 Å². The molecule has 32 nitrogen and oxygen atoms in total. The lowest BCUT2D eigenvalue weighted by Gasteiger charge is -2.47. The van der Waals surface area contributed by atoms with Gasteiger partial charge in [-0.3, -0.25) is 77.6 Å². The maximum absolute atomic E-state index is 13.7. The molecule has 0 unspecified atom stereocenters. The molecule has 136 heavy (non-hydrogen) atoms. The van der Waals surface area contributed by atoms with Crippen LogP contribution >= 0.6 is 0 Å². The monoisotopic (exact) mass is 1870 g/mol. The third-order valence-electron chi connectivity index (χ3n) is 27.8. The van der Waals surface area contributed by atoms with E-state index < -0.39 is 24.1 Å². The number of aromatic nitrogens is 4. The molecule has 12 amide bonds. The summed E-state index contributed by atoms with van der Waals surface area (Å²) in [5.74, 6) is -2.62. The van der Waals surface area contributed by atoms with Crippen molar-refractivity contribution in [2.24, 2.45) is 23.7 Å². The lowest BCUT2D eigenvalue weighted by atomic mass is 9.72. The average Bonchev–Trinajstić information content (AvgIpc) is 1.33. The Morgan fingerprint density at radius 2 is 0.544 bits per heavy atom. The smallest absolute Gasteiger partial charge is 0.324 e. The van der Waals surface area contributed by atoms with Gasteiger partial charge in [0.1, 0.15) is 0 Å². The van der Waals surface area contributed by atoms with Gasteiger partial charge in [0, 0.05) is 249 Å². The summed E-state index contributed by atoms with van der Waals surface area (Å²) >= 11 is 0. The number of carbonyl (C=O) groups excluding carboxylic acids is 12. The third-order valence-corrected chi connectivity index (χ3v) is 27.8. The molecule has 0 bridgehead atoms. The van der Waals surface area contributed by atoms with Gasteiger partial charge in [0.05, 0.1) is 50.1 Å². The van der Waals surface area contributed by atoms with Crippen molar-refractivity contribution in [3.8, 4) is 0 Å². The molecule has 8 aliphatic rings. The fourth-order valence-electron chi connectivity index (χ4n) is 22.3. The number of carbonyl (C=O) groups is 12. The van der Waals surface area contributed by atoms with Crippen molar-refractivity contribution in [2.75, 3.05) is 131 Å². The van der Waals surface area contributed by atoms with Crippen molar-refractivity contribution in [1.29, 1.82) is 0 Å². The molecule has 12 atom stereocenters. The number of urea groups is 4. The minimum absolute atomic E-state index is 0.173. The fourth-order valence-corrected chi connectivity index (χ4v) is 22.3. The number of aromatic amines is 4. The highest BCUT2D eigenvalue weighted by atomic mass is 16.5. The third kappa shape index (κ3) is 23.2. The van der Waals surface area contributed by atoms with Crippen LogP contribution in [0, 0.1) is 23.7 Å². The predicted molar refractivity (Wildman–Crippen MR) is 522 cm³/mol. The maximum Gasteiger partial charge on any atom is 0.324 e. The Kier molecular flexibility index (Phi) is 35.1. The van der Waals surface area contributed by atoms with Gasteiger partial charge in [0.2, 0.25) is 23.6 Å². The summed E-state index contributed by atoms with van der Waals surface area (Å²) in [4.78, 5) is 178. The molecule has 4 fully saturated rings. The highest BCUT2D eigenvalue weighted by molar-refractivity contribution is 6.00. The molecule has 4 aliphatic heterocycles. The molecular formula is C104H136N16O16. The zero-order valence-electron chi connectivity index (χ0n) is 80.0. The van der Waals surface area contributed by atoms with Gasteiger partial charge in [-0.25, -0.2) is 19.2 Å². The standard InChI is InChI=1S/4C26H34N4O4/c4*1-4-10-29-16-19(25(32)30(26(33)27-5-2)11-7-12-34-17(3)31)13-21-20-8-6-9-22-24(20)18(15-28-22)14-23(21)29/h4*4,6,8-9,15,19,21,23,28H,1,5,7,10-14,16H2,2-3H3,(H,27,33)/t4*19-,21-,23-/m1111/s1. The van der Waals surface area contributed by atoms with Crippen LogP contribution in [0.25, 0.3) is 43.6 Å². The van der Waals surface area contributed by atoms with Crippen LogP contribution in [0.4, 0.5) is 19.2 Å². The Labute approximate surface area is 795 Å². The molecule has 8 aromatic rings. The quantitative estimate of drug-likeness (QED) is 0.00840. The van der Waals surface area contributed by atoms with Crippen LogP contribution in [-0.2, 0) is 83.0 Å². The summed E-state index contributed by atoms with van der Waals surface area (Å²) in [7, 11) is 0. The van der Waals surface area contributed by atoms with Crippen LogP contribution in [0.5, 0.6) is 0 Å². The first kappa shape index (κ1) is 101. The number of benzene rings is 4. The lowest BCUT2D eigenvalue weighted by molar-refractivity contribution is -0.142. The molecule has 728 valence electrons. The molecular weight excluding hydrogens is 1730 g/mol. The van der Waals surface area contributed by atoms with E-state index in [1.165, 1.54) is 113 Å². The molecule has 4 aromatic heterocycles. The Bertz CT molecular complexity index is 4990. The van der Waals surface area contributed by atoms with E-state index in [9.17, 15) is 57.5 Å². The summed E-state index contributed by atoms with van der Waals surface area (Å²) in [5.41, 5.74) is 14.9. The number of amides is 12. The first-order valence-corrected chi connectivity index (χ1v) is 48.4. The molecule has 8 N–H and O–H groups in total. The minimum atomic E-state index is -0.397. The maximum atomic E-state index is 13.7. The minimum Gasteiger partial charge on any atom is -0.466 e. The van der Waals surface area contributed by atoms with Gasteiger partial charge in [0.25, 0.3) is 0 Å². The van der Waals surface area contributed by atoms with E-state index in [4.69, 9.17) is 18.9 Å². The summed E-state index contributed by atoms with van der Waals surface area (Å²) in [6.45, 7) is 36.8. The summed E-state index contributed by atoms with van der Waals surface area (Å²) in [6, 6.07) is 24.9. The number of imide groups is 4. The normalized spacial score (nSPS) is 21.5. The van der Waals surface area contributed by atoms with Crippen LogP contribution in [-0.4, -0.2) is 286 Å². The van der Waals surface area contributed by atoms with Crippen LogP contribution in [0.1, 0.15) is 175 Å². The number of hydrogen-bond donors (Lipinski definition) is 8. The van der Waals surface area contributed by atoms with Crippen LogP contribution < -0.4 is 21.3 Å². The fraction of sp³-hybridized carbons (Fsp3) is 0.500. The summed E-state index contributed by atoms with van der Waals surface area (Å²) in [5, 5.41) is 16.1. The van der Waals surface area contributed by atoms with Gasteiger partial charge < -0.3 is 60.2 Å². The molecule has 0 spiro atoms. The van der Waals surface area contributed by atoms with Gasteiger partial charge in [-0.05, 0) is 174 Å². The molecule has 0 radical (unpaired) electrons. The van der Waals surface area contributed by atoms with E-state index in [1.54, 1.807) is 0 Å². The van der Waals surface area contributed by atoms with Gasteiger partial charge in [-0.1, -0.05) is 72.8 Å². The van der Waals surface area contributed by atoms with Crippen molar-refractivity contribution in [2.45, 2.75) is 180 Å². The highest BCUT2D eigenvalue weighted by Crippen LogP contribution is 2.50. The number of nitrogens with zero attached hydrogens (tertiary/aromatic N) is 8. The molecule has 4 aromatic carbocycles. The number of piperidine rings is 4. The summed E-state index contributed by atoms with van der Waals surface area (Å²) in [6.07, 6.45) is 24.1. The molecule has 4 saturated heterocycles. The van der Waals surface area contributed by atoms with Crippen molar-refractivity contribution >= 4 is 115 Å². The zero-order valence-corrected chi connectivity index (χ0v) is 80.0. The Hall–Kier alpha value is -12.5. The van der Waals surface area contributed by atoms with Gasteiger partial charge in [0.15, 0.2) is 0 Å². The van der Waals surface area contributed by atoms with Crippen molar-refractivity contribution in [1.82, 2.24) is 80.4 Å². The van der Waals surface area contributed by atoms with E-state index in [0.717, 1.165) is 47.8 Å². The first-order valence-electron chi connectivity index (χ1n) is 48.4. The topological polar surface area (TPSA) is 379 Å². The lowest BCUT2D eigenvalue weighted by Crippen LogP contribution is -2.55. The molecule has 32 heteroatoms. The van der Waals surface area contributed by atoms with E-state index >= 15 is 0 Å². The number of hydrogen-bond acceptors (Lipinski definition) is 20. The number of nitrogens with one attached hydrogen (secondary N) is 8. The van der Waals surface area contributed by atoms with E-state index in [2.05, 4.69) is 185 Å². The number of likely N-dealkylation sites (tertiary alicyclic amines) is 4. The number of H-pyrrole nitrogens is 4. The highest BCUT2D eigenvalue weighted by Gasteiger charge is 2.50. The Morgan fingerprint density at radius 1 is 0.338 bits per heavy atom. The Morgan fingerprint density at radius 3 is 0.728 bits per heavy atom. The largest absolute Gasteiger partial charge is 0.466 e. The number of fused-ring (bicyclic) bond motifs is 8. The van der Waals surface area contributed by atoms with Crippen LogP contribution in [0.2, 0.25) is 0 Å². The summed E-state index contributed by atoms with van der Waals surface area (Å²) < 4.78 is 20.0. The second-order valence-electron chi connectivity index (χ2n) is 36.6. The van der Waals surface area contributed by atoms with Crippen LogP contribution in [0.3, 0.4) is 0 Å². The van der Waals surface area contributed by atoms with Gasteiger partial charge >= 0.3 is 48.0 Å². The molecule has 16 rings (SSSR count). The number of esters is 4. The predicted octanol–water partition coefficient (Wildman–Crippen LogP) is 12.8. The van der Waals surface area contributed by atoms with Crippen molar-refractivity contribution in [3.05, 3.63) is 193 Å². The average molecular weight is 1870 g/mol. The van der Waals surface area contributed by atoms with E-state index in [0.29, 0.717) is 130 Å². The number of ether oxygens (including phenoxy) is 4. The molecule has 8 heterocycles. The second kappa shape index (κ2) is 47.3. The van der Waals surface area contributed by atoms with Crippen LogP contribution in [0.15, 0.2) is 148 Å². The Balaban J connectivity index is 0.000000153. The SMILES string of the molecule is C=CCN1C[C@H](C(=O)N(CCCOC(C)=O)C(=O)NCC)C[C@@H]2c3cccc4[nH]cc(c34)C[C@H]21.C=CCN1C[C@H](C(=O)N(CCCOC(C)=O)C(=O)NCC)C[C@@H]2c3cccc4[nH]cc(c34)C[C@H]21.C=CCN1C[C@H](C(=O)N(CCCOC(C)=O)C(=O)NCC)C[C@@H]2c3cccc4[nH]cc(c34)C[C@H]21.C=CCN1C[C@H](C(=O)N(CCCOC(C)=O)C(=O)NCC)C[C@@H]2c3cccc4[nH]cc(c34)C[C@H]21. The number of rotatable bonds is 32. The van der Waals surface area contributed by atoms with E-state index in [1.807, 2.05) is 52.0 Å².